The number of nitrogens with one attached hydrogen (secondary N) is 1. The highest BCUT2D eigenvalue weighted by Gasteiger charge is 2.33. The lowest BCUT2D eigenvalue weighted by Crippen LogP contribution is -2.38. The van der Waals surface area contributed by atoms with Crippen molar-refractivity contribution in [3.63, 3.8) is 0 Å². The van der Waals surface area contributed by atoms with Gasteiger partial charge in [-0.3, -0.25) is 0 Å². The van der Waals surface area contributed by atoms with Crippen molar-refractivity contribution in [2.24, 2.45) is 5.92 Å². The van der Waals surface area contributed by atoms with E-state index in [1.54, 1.807) is 0 Å². The molecule has 0 bridgehead atoms. The topological polar surface area (TPSA) is 46.2 Å². The summed E-state index contributed by atoms with van der Waals surface area (Å²) in [6, 6.07) is 7.88. The molecule has 0 amide bonds. The Bertz CT molecular complexity index is 535. The number of hydrogen-bond donors (Lipinski definition) is 1. The number of sulfone groups is 1. The summed E-state index contributed by atoms with van der Waals surface area (Å²) in [7, 11) is -3.05. The fourth-order valence-corrected chi connectivity index (χ4v) is 4.38. The van der Waals surface area contributed by atoms with E-state index in [2.05, 4.69) is 12.2 Å². The van der Waals surface area contributed by atoms with Gasteiger partial charge in [-0.25, -0.2) is 8.42 Å². The summed E-state index contributed by atoms with van der Waals surface area (Å²) < 4.78 is 24.8. The van der Waals surface area contributed by atoms with Crippen LogP contribution < -0.4 is 5.32 Å². The Hall–Kier alpha value is -0.870. The zero-order chi connectivity index (χ0) is 14.6. The van der Waals surface area contributed by atoms with Gasteiger partial charge in [-0.15, -0.1) is 0 Å². The zero-order valence-corrected chi connectivity index (χ0v) is 13.2. The molecular formula is C16H25NO2S. The Kier molecular flexibility index (Phi) is 5.22. The lowest BCUT2D eigenvalue weighted by Gasteiger charge is -2.18. The first-order valence-electron chi connectivity index (χ1n) is 7.50. The lowest BCUT2D eigenvalue weighted by molar-refractivity contribution is 0.489. The van der Waals surface area contributed by atoms with Gasteiger partial charge in [0.15, 0.2) is 9.84 Å². The highest BCUT2D eigenvalue weighted by molar-refractivity contribution is 7.90. The Morgan fingerprint density at radius 2 is 2.00 bits per heavy atom. The van der Waals surface area contributed by atoms with Gasteiger partial charge < -0.3 is 5.32 Å². The van der Waals surface area contributed by atoms with Gasteiger partial charge in [0.1, 0.15) is 0 Å². The molecule has 2 rings (SSSR count). The van der Waals surface area contributed by atoms with Crippen LogP contribution in [0.25, 0.3) is 0 Å². The van der Waals surface area contributed by atoms with Crippen LogP contribution in [-0.2, 0) is 15.6 Å². The largest absolute Gasteiger partial charge is 0.313 e. The van der Waals surface area contributed by atoms with Crippen molar-refractivity contribution in [3.8, 4) is 0 Å². The molecule has 20 heavy (non-hydrogen) atoms. The van der Waals surface area contributed by atoms with E-state index in [0.717, 1.165) is 24.1 Å². The van der Waals surface area contributed by atoms with E-state index < -0.39 is 9.84 Å². The van der Waals surface area contributed by atoms with Crippen molar-refractivity contribution in [2.45, 2.75) is 44.9 Å². The van der Waals surface area contributed by atoms with Crippen LogP contribution >= 0.6 is 0 Å². The van der Waals surface area contributed by atoms with E-state index in [9.17, 15) is 8.42 Å². The smallest absolute Gasteiger partial charge is 0.155 e. The fraction of sp³-hybridized carbons (Fsp3) is 0.625. The number of hydrogen-bond acceptors (Lipinski definition) is 3. The van der Waals surface area contributed by atoms with Gasteiger partial charge in [-0.2, -0.15) is 0 Å². The minimum atomic E-state index is -3.05. The molecule has 1 unspecified atom stereocenters. The van der Waals surface area contributed by atoms with Gasteiger partial charge in [-0.05, 0) is 49.8 Å². The fourth-order valence-electron chi connectivity index (χ4n) is 2.53. The van der Waals surface area contributed by atoms with Gasteiger partial charge in [0.25, 0.3) is 0 Å². The second-order valence-electron chi connectivity index (χ2n) is 5.88. The number of aryl methyl sites for hydroxylation is 1. The SMILES string of the molecule is CCCNC(CS(=O)(=O)Cc1ccccc1C)C1CC1. The van der Waals surface area contributed by atoms with Crippen LogP contribution in [0, 0.1) is 12.8 Å². The molecule has 0 radical (unpaired) electrons. The van der Waals surface area contributed by atoms with E-state index in [1.165, 1.54) is 12.8 Å². The number of rotatable bonds is 8. The molecule has 1 fully saturated rings. The Morgan fingerprint density at radius 3 is 2.60 bits per heavy atom. The Balaban J connectivity index is 2.00. The first-order chi connectivity index (χ1) is 9.52. The average molecular weight is 295 g/mol. The minimum absolute atomic E-state index is 0.143. The van der Waals surface area contributed by atoms with Crippen LogP contribution in [0.2, 0.25) is 0 Å². The maximum absolute atomic E-state index is 12.4. The maximum Gasteiger partial charge on any atom is 0.155 e. The molecule has 1 N–H and O–H groups in total. The summed E-state index contributed by atoms with van der Waals surface area (Å²) >= 11 is 0. The quantitative estimate of drug-likeness (QED) is 0.802. The third kappa shape index (κ3) is 4.60. The van der Waals surface area contributed by atoms with E-state index >= 15 is 0 Å². The summed E-state index contributed by atoms with van der Waals surface area (Å²) in [6.07, 6.45) is 3.38. The first kappa shape index (κ1) is 15.5. The minimum Gasteiger partial charge on any atom is -0.313 e. The monoisotopic (exact) mass is 295 g/mol. The standard InChI is InChI=1S/C16H25NO2S/c1-3-10-17-16(14-8-9-14)12-20(18,19)11-15-7-5-4-6-13(15)2/h4-7,14,16-17H,3,8-12H2,1-2H3. The molecule has 1 aromatic carbocycles. The molecule has 3 nitrogen and oxygen atoms in total. The highest BCUT2D eigenvalue weighted by atomic mass is 32.2. The molecule has 1 aliphatic rings. The molecular weight excluding hydrogens is 270 g/mol. The summed E-state index contributed by atoms with van der Waals surface area (Å²) in [6.45, 7) is 4.98. The Labute approximate surface area is 122 Å². The van der Waals surface area contributed by atoms with E-state index in [1.807, 2.05) is 31.2 Å². The third-order valence-corrected chi connectivity index (χ3v) is 5.54. The zero-order valence-electron chi connectivity index (χ0n) is 12.4. The molecule has 1 aromatic rings. The highest BCUT2D eigenvalue weighted by Crippen LogP contribution is 2.33. The summed E-state index contributed by atoms with van der Waals surface area (Å²) in [5.74, 6) is 0.996. The molecule has 0 saturated heterocycles. The van der Waals surface area contributed by atoms with Gasteiger partial charge >= 0.3 is 0 Å². The number of benzene rings is 1. The molecule has 1 atom stereocenters. The van der Waals surface area contributed by atoms with Crippen molar-refractivity contribution in [3.05, 3.63) is 35.4 Å². The molecule has 112 valence electrons. The normalized spacial score (nSPS) is 17.1. The van der Waals surface area contributed by atoms with Crippen LogP contribution in [0.15, 0.2) is 24.3 Å². The molecule has 0 spiro atoms. The van der Waals surface area contributed by atoms with E-state index in [0.29, 0.717) is 5.92 Å². The van der Waals surface area contributed by atoms with Crippen LogP contribution in [0.4, 0.5) is 0 Å². The van der Waals surface area contributed by atoms with Crippen LogP contribution in [0.1, 0.15) is 37.3 Å². The maximum atomic E-state index is 12.4. The van der Waals surface area contributed by atoms with Crippen LogP contribution in [-0.4, -0.2) is 26.8 Å². The van der Waals surface area contributed by atoms with Crippen LogP contribution in [0.3, 0.4) is 0 Å². The molecule has 1 aliphatic carbocycles. The molecule has 4 heteroatoms. The van der Waals surface area contributed by atoms with Gasteiger partial charge in [0.2, 0.25) is 0 Å². The predicted molar refractivity (Wildman–Crippen MR) is 83.5 cm³/mol. The first-order valence-corrected chi connectivity index (χ1v) is 9.32. The van der Waals surface area contributed by atoms with Gasteiger partial charge in [-0.1, -0.05) is 31.2 Å². The van der Waals surface area contributed by atoms with Crippen molar-refractivity contribution in [2.75, 3.05) is 12.3 Å². The van der Waals surface area contributed by atoms with Crippen molar-refractivity contribution >= 4 is 9.84 Å². The average Bonchev–Trinajstić information content (AvgIpc) is 3.21. The molecule has 0 heterocycles. The Morgan fingerprint density at radius 1 is 1.30 bits per heavy atom. The van der Waals surface area contributed by atoms with Gasteiger partial charge in [0.05, 0.1) is 11.5 Å². The van der Waals surface area contributed by atoms with Crippen molar-refractivity contribution in [1.29, 1.82) is 0 Å². The summed E-state index contributed by atoms with van der Waals surface area (Å²) in [5.41, 5.74) is 1.98. The van der Waals surface area contributed by atoms with Crippen molar-refractivity contribution < 1.29 is 8.42 Å². The van der Waals surface area contributed by atoms with Crippen LogP contribution in [0.5, 0.6) is 0 Å². The van der Waals surface area contributed by atoms with Gasteiger partial charge in [0, 0.05) is 6.04 Å². The summed E-state index contributed by atoms with van der Waals surface area (Å²) in [4.78, 5) is 0. The molecule has 1 saturated carbocycles. The lowest BCUT2D eigenvalue weighted by atomic mass is 10.1. The van der Waals surface area contributed by atoms with E-state index in [-0.39, 0.29) is 17.5 Å². The second-order valence-corrected chi connectivity index (χ2v) is 7.99. The van der Waals surface area contributed by atoms with E-state index in [4.69, 9.17) is 0 Å². The second kappa shape index (κ2) is 6.72. The third-order valence-electron chi connectivity index (χ3n) is 3.92. The predicted octanol–water partition coefficient (Wildman–Crippen LogP) is 2.69. The summed E-state index contributed by atoms with van der Waals surface area (Å²) in [5, 5.41) is 3.41. The molecule has 0 aromatic heterocycles. The molecule has 0 aliphatic heterocycles. The van der Waals surface area contributed by atoms with Crippen molar-refractivity contribution in [1.82, 2.24) is 5.32 Å².